The topological polar surface area (TPSA) is 94.8 Å². The highest BCUT2D eigenvalue weighted by Gasteiger charge is 2.01. The molecule has 1 aromatic rings. The standard InChI is InChI=1S/C11H15N3O3/c1-3-6-12-9(15)5-4-8-7(2)10(16)14-11(17)13-8/h4-5H,3,6H2,1-2H3,(H,12,15)(H2,13,14,16,17). The number of aromatic amines is 2. The SMILES string of the molecule is CCCNC(=O)C=Cc1[nH]c(=O)[nH]c(=O)c1C. The third-order valence-electron chi connectivity index (χ3n) is 2.17. The number of H-pyrrole nitrogens is 2. The summed E-state index contributed by atoms with van der Waals surface area (Å²) < 4.78 is 0. The van der Waals surface area contributed by atoms with Crippen LogP contribution < -0.4 is 16.6 Å². The lowest BCUT2D eigenvalue weighted by atomic mass is 10.2. The molecular formula is C11H15N3O3. The van der Waals surface area contributed by atoms with E-state index >= 15 is 0 Å². The van der Waals surface area contributed by atoms with Crippen LogP contribution in [0.15, 0.2) is 15.7 Å². The molecule has 0 saturated heterocycles. The number of amides is 1. The predicted octanol–water partition coefficient (Wildman–Crippen LogP) is -0.0890. The first kappa shape index (κ1) is 13.0. The molecule has 0 aromatic carbocycles. The highest BCUT2D eigenvalue weighted by atomic mass is 16.2. The number of carbonyl (C=O) groups is 1. The molecule has 3 N–H and O–H groups in total. The minimum Gasteiger partial charge on any atom is -0.353 e. The van der Waals surface area contributed by atoms with Crippen LogP contribution in [-0.4, -0.2) is 22.4 Å². The van der Waals surface area contributed by atoms with Crippen LogP contribution in [0.2, 0.25) is 0 Å². The van der Waals surface area contributed by atoms with E-state index in [9.17, 15) is 14.4 Å². The van der Waals surface area contributed by atoms with Crippen molar-refractivity contribution in [1.29, 1.82) is 0 Å². The molecular weight excluding hydrogens is 222 g/mol. The van der Waals surface area contributed by atoms with E-state index in [1.165, 1.54) is 12.2 Å². The fourth-order valence-electron chi connectivity index (χ4n) is 1.20. The molecule has 17 heavy (non-hydrogen) atoms. The van der Waals surface area contributed by atoms with Crippen molar-refractivity contribution in [3.63, 3.8) is 0 Å². The van der Waals surface area contributed by atoms with Gasteiger partial charge in [-0.2, -0.15) is 0 Å². The van der Waals surface area contributed by atoms with Gasteiger partial charge in [0.15, 0.2) is 0 Å². The summed E-state index contributed by atoms with van der Waals surface area (Å²) in [6.45, 7) is 4.11. The average Bonchev–Trinajstić information content (AvgIpc) is 2.29. The van der Waals surface area contributed by atoms with Gasteiger partial charge in [-0.15, -0.1) is 0 Å². The number of rotatable bonds is 4. The summed E-state index contributed by atoms with van der Waals surface area (Å²) in [4.78, 5) is 38.1. The predicted molar refractivity (Wildman–Crippen MR) is 64.8 cm³/mol. The molecule has 92 valence electrons. The molecule has 0 aliphatic heterocycles. The maximum atomic E-state index is 11.3. The molecule has 0 radical (unpaired) electrons. The molecule has 6 heteroatoms. The van der Waals surface area contributed by atoms with Gasteiger partial charge in [0.2, 0.25) is 5.91 Å². The van der Waals surface area contributed by atoms with Crippen molar-refractivity contribution in [3.05, 3.63) is 38.2 Å². The van der Waals surface area contributed by atoms with Crippen molar-refractivity contribution in [2.24, 2.45) is 0 Å². The van der Waals surface area contributed by atoms with Crippen LogP contribution in [0.3, 0.4) is 0 Å². The monoisotopic (exact) mass is 237 g/mol. The van der Waals surface area contributed by atoms with E-state index in [1.807, 2.05) is 6.92 Å². The Kier molecular flexibility index (Phi) is 4.45. The van der Waals surface area contributed by atoms with Crippen LogP contribution in [0.5, 0.6) is 0 Å². The first-order valence-corrected chi connectivity index (χ1v) is 5.33. The van der Waals surface area contributed by atoms with Gasteiger partial charge in [0.05, 0.1) is 5.69 Å². The molecule has 0 fully saturated rings. The molecule has 1 heterocycles. The van der Waals surface area contributed by atoms with Gasteiger partial charge in [-0.1, -0.05) is 6.92 Å². The van der Waals surface area contributed by atoms with Crippen LogP contribution >= 0.6 is 0 Å². The molecule has 1 amide bonds. The van der Waals surface area contributed by atoms with Crippen molar-refractivity contribution in [2.75, 3.05) is 6.54 Å². The van der Waals surface area contributed by atoms with Crippen LogP contribution in [0.4, 0.5) is 0 Å². The molecule has 6 nitrogen and oxygen atoms in total. The molecule has 0 atom stereocenters. The number of hydrogen-bond donors (Lipinski definition) is 3. The van der Waals surface area contributed by atoms with Crippen LogP contribution in [0.1, 0.15) is 24.6 Å². The van der Waals surface area contributed by atoms with Crippen LogP contribution in [-0.2, 0) is 4.79 Å². The smallest absolute Gasteiger partial charge is 0.326 e. The van der Waals surface area contributed by atoms with Gasteiger partial charge in [0.25, 0.3) is 5.56 Å². The van der Waals surface area contributed by atoms with E-state index in [-0.39, 0.29) is 5.91 Å². The minimum atomic E-state index is -0.589. The van der Waals surface area contributed by atoms with E-state index in [0.29, 0.717) is 17.8 Å². The zero-order valence-electron chi connectivity index (χ0n) is 9.79. The largest absolute Gasteiger partial charge is 0.353 e. The van der Waals surface area contributed by atoms with Crippen molar-refractivity contribution >= 4 is 12.0 Å². The second-order valence-corrected chi connectivity index (χ2v) is 3.57. The molecule has 0 unspecified atom stereocenters. The molecule has 0 saturated carbocycles. The Morgan fingerprint density at radius 1 is 1.35 bits per heavy atom. The van der Waals surface area contributed by atoms with Gasteiger partial charge >= 0.3 is 5.69 Å². The quantitative estimate of drug-likeness (QED) is 0.639. The third-order valence-corrected chi connectivity index (χ3v) is 2.17. The Bertz CT molecular complexity index is 540. The van der Waals surface area contributed by atoms with Crippen molar-refractivity contribution in [2.45, 2.75) is 20.3 Å². The van der Waals surface area contributed by atoms with E-state index in [0.717, 1.165) is 6.42 Å². The summed E-state index contributed by atoms with van der Waals surface area (Å²) in [5.74, 6) is -0.257. The van der Waals surface area contributed by atoms with Crippen LogP contribution in [0.25, 0.3) is 6.08 Å². The lowest BCUT2D eigenvalue weighted by Crippen LogP contribution is -2.25. The zero-order chi connectivity index (χ0) is 12.8. The summed E-state index contributed by atoms with van der Waals surface area (Å²) >= 11 is 0. The maximum absolute atomic E-state index is 11.3. The molecule has 0 spiro atoms. The molecule has 1 aromatic heterocycles. The first-order valence-electron chi connectivity index (χ1n) is 5.33. The van der Waals surface area contributed by atoms with E-state index in [4.69, 9.17) is 0 Å². The van der Waals surface area contributed by atoms with Crippen LogP contribution in [0, 0.1) is 6.92 Å². The average molecular weight is 237 g/mol. The molecule has 1 rings (SSSR count). The summed E-state index contributed by atoms with van der Waals surface area (Å²) in [7, 11) is 0. The molecule has 0 aliphatic rings. The zero-order valence-corrected chi connectivity index (χ0v) is 9.79. The Labute approximate surface area is 97.8 Å². The van der Waals surface area contributed by atoms with Gasteiger partial charge in [-0.05, 0) is 19.4 Å². The van der Waals surface area contributed by atoms with Gasteiger partial charge in [-0.3, -0.25) is 14.6 Å². The van der Waals surface area contributed by atoms with Crippen molar-refractivity contribution in [1.82, 2.24) is 15.3 Å². The van der Waals surface area contributed by atoms with Crippen molar-refractivity contribution in [3.8, 4) is 0 Å². The second kappa shape index (κ2) is 5.83. The second-order valence-electron chi connectivity index (χ2n) is 3.57. The van der Waals surface area contributed by atoms with E-state index in [1.54, 1.807) is 6.92 Å². The van der Waals surface area contributed by atoms with Gasteiger partial charge < -0.3 is 10.3 Å². The Morgan fingerprint density at radius 2 is 2.06 bits per heavy atom. The van der Waals surface area contributed by atoms with Crippen molar-refractivity contribution < 1.29 is 4.79 Å². The number of carbonyl (C=O) groups excluding carboxylic acids is 1. The highest BCUT2D eigenvalue weighted by molar-refractivity contribution is 5.91. The number of nitrogens with one attached hydrogen (secondary N) is 3. The number of hydrogen-bond acceptors (Lipinski definition) is 3. The summed E-state index contributed by atoms with van der Waals surface area (Å²) in [6, 6.07) is 0. The van der Waals surface area contributed by atoms with E-state index < -0.39 is 11.2 Å². The van der Waals surface area contributed by atoms with Gasteiger partial charge in [0, 0.05) is 18.2 Å². The van der Waals surface area contributed by atoms with E-state index in [2.05, 4.69) is 15.3 Å². The summed E-state index contributed by atoms with van der Waals surface area (Å²) in [6.07, 6.45) is 3.55. The maximum Gasteiger partial charge on any atom is 0.326 e. The first-order chi connectivity index (χ1) is 8.04. The Hall–Kier alpha value is -2.11. The summed E-state index contributed by atoms with van der Waals surface area (Å²) in [5.41, 5.74) is -0.342. The minimum absolute atomic E-state index is 0.257. The van der Waals surface area contributed by atoms with Gasteiger partial charge in [0.1, 0.15) is 0 Å². The fraction of sp³-hybridized carbons (Fsp3) is 0.364. The lowest BCUT2D eigenvalue weighted by molar-refractivity contribution is -0.116. The fourth-order valence-corrected chi connectivity index (χ4v) is 1.20. The molecule has 0 aliphatic carbocycles. The van der Waals surface area contributed by atoms with Gasteiger partial charge in [-0.25, -0.2) is 4.79 Å². The number of aromatic nitrogens is 2. The third kappa shape index (κ3) is 3.75. The molecule has 0 bridgehead atoms. The Balaban J connectivity index is 2.88. The Morgan fingerprint density at radius 3 is 2.71 bits per heavy atom. The normalized spacial score (nSPS) is 10.7. The lowest BCUT2D eigenvalue weighted by Gasteiger charge is -1.99. The summed E-state index contributed by atoms with van der Waals surface area (Å²) in [5, 5.41) is 2.65. The highest BCUT2D eigenvalue weighted by Crippen LogP contribution is 1.97.